The molecule has 0 radical (unpaired) electrons. The van der Waals surface area contributed by atoms with Gasteiger partial charge in [-0.2, -0.15) is 0 Å². The first kappa shape index (κ1) is 16.5. The number of thioether (sulfide) groups is 1. The SMILES string of the molecule is O=C1/C(=C\c2c(Cl)cccc2Cl)SC(=S)N1c1ccc(F)cc1. The molecule has 1 amide bonds. The molecular weight excluding hydrogens is 376 g/mol. The number of carbonyl (C=O) groups is 1. The predicted octanol–water partition coefficient (Wildman–Crippen LogP) is 5.54. The average molecular weight is 384 g/mol. The third-order valence-corrected chi connectivity index (χ3v) is 5.12. The predicted molar refractivity (Wildman–Crippen MR) is 98.5 cm³/mol. The smallest absolute Gasteiger partial charge is 0.268 e. The number of hydrogen-bond acceptors (Lipinski definition) is 3. The second-order valence-corrected chi connectivity index (χ2v) is 7.12. The number of halogens is 3. The van der Waals surface area contributed by atoms with Crippen LogP contribution in [0.2, 0.25) is 10.0 Å². The van der Waals surface area contributed by atoms with Gasteiger partial charge in [0, 0.05) is 15.6 Å². The molecule has 0 N–H and O–H groups in total. The molecule has 116 valence electrons. The average Bonchev–Trinajstić information content (AvgIpc) is 2.79. The van der Waals surface area contributed by atoms with Crippen molar-refractivity contribution < 1.29 is 9.18 Å². The number of benzene rings is 2. The third kappa shape index (κ3) is 3.28. The van der Waals surface area contributed by atoms with E-state index in [4.69, 9.17) is 35.4 Å². The number of rotatable bonds is 2. The molecule has 1 aliphatic rings. The topological polar surface area (TPSA) is 20.3 Å². The van der Waals surface area contributed by atoms with Gasteiger partial charge in [0.15, 0.2) is 4.32 Å². The molecule has 2 aromatic carbocycles. The summed E-state index contributed by atoms with van der Waals surface area (Å²) in [4.78, 5) is 14.4. The van der Waals surface area contributed by atoms with Crippen LogP contribution in [-0.4, -0.2) is 10.2 Å². The lowest BCUT2D eigenvalue weighted by molar-refractivity contribution is -0.113. The lowest BCUT2D eigenvalue weighted by atomic mass is 10.2. The Morgan fingerprint density at radius 2 is 1.70 bits per heavy atom. The first-order chi connectivity index (χ1) is 11.0. The van der Waals surface area contributed by atoms with Crippen LogP contribution in [0.5, 0.6) is 0 Å². The van der Waals surface area contributed by atoms with Crippen molar-refractivity contribution in [1.29, 1.82) is 0 Å². The zero-order valence-corrected chi connectivity index (χ0v) is 14.6. The second-order valence-electron chi connectivity index (χ2n) is 4.63. The molecule has 1 saturated heterocycles. The monoisotopic (exact) mass is 383 g/mol. The van der Waals surface area contributed by atoms with Crippen LogP contribution in [-0.2, 0) is 4.79 Å². The quantitative estimate of drug-likeness (QED) is 0.501. The van der Waals surface area contributed by atoms with Gasteiger partial charge in [-0.1, -0.05) is 53.2 Å². The van der Waals surface area contributed by atoms with Crippen LogP contribution in [0.1, 0.15) is 5.56 Å². The van der Waals surface area contributed by atoms with Crippen molar-refractivity contribution in [2.24, 2.45) is 0 Å². The Labute approximate surface area is 151 Å². The van der Waals surface area contributed by atoms with Gasteiger partial charge in [-0.3, -0.25) is 9.69 Å². The van der Waals surface area contributed by atoms with E-state index < -0.39 is 0 Å². The number of amides is 1. The molecular formula is C16H8Cl2FNOS2. The first-order valence-electron chi connectivity index (χ1n) is 6.45. The fraction of sp³-hybridized carbons (Fsp3) is 0. The molecule has 2 aromatic rings. The van der Waals surface area contributed by atoms with Crippen LogP contribution in [0.3, 0.4) is 0 Å². The van der Waals surface area contributed by atoms with Gasteiger partial charge >= 0.3 is 0 Å². The van der Waals surface area contributed by atoms with Gasteiger partial charge in [0.2, 0.25) is 0 Å². The van der Waals surface area contributed by atoms with E-state index in [2.05, 4.69) is 0 Å². The number of hydrogen-bond donors (Lipinski definition) is 0. The molecule has 2 nitrogen and oxygen atoms in total. The van der Waals surface area contributed by atoms with Crippen LogP contribution in [0.25, 0.3) is 6.08 Å². The Kier molecular flexibility index (Phi) is 4.73. The summed E-state index contributed by atoms with van der Waals surface area (Å²) in [6, 6.07) is 10.7. The highest BCUT2D eigenvalue weighted by Crippen LogP contribution is 2.38. The Hall–Kier alpha value is -1.40. The minimum absolute atomic E-state index is 0.289. The van der Waals surface area contributed by atoms with Crippen LogP contribution in [0, 0.1) is 5.82 Å². The highest BCUT2D eigenvalue weighted by atomic mass is 35.5. The van der Waals surface area contributed by atoms with Gasteiger partial charge < -0.3 is 0 Å². The normalized spacial score (nSPS) is 16.5. The van der Waals surface area contributed by atoms with Crippen LogP contribution in [0.15, 0.2) is 47.4 Å². The molecule has 1 heterocycles. The summed E-state index contributed by atoms with van der Waals surface area (Å²) in [5.74, 6) is -0.667. The minimum Gasteiger partial charge on any atom is -0.268 e. The van der Waals surface area contributed by atoms with Crippen molar-refractivity contribution in [3.05, 3.63) is 68.8 Å². The van der Waals surface area contributed by atoms with Crippen LogP contribution in [0.4, 0.5) is 10.1 Å². The maximum atomic E-state index is 13.0. The Morgan fingerprint density at radius 1 is 1.09 bits per heavy atom. The van der Waals surface area contributed by atoms with Crippen molar-refractivity contribution in [2.45, 2.75) is 0 Å². The Morgan fingerprint density at radius 3 is 2.30 bits per heavy atom. The van der Waals surface area contributed by atoms with E-state index in [1.165, 1.54) is 29.2 Å². The Bertz CT molecular complexity index is 816. The fourth-order valence-electron chi connectivity index (χ4n) is 2.06. The standard InChI is InChI=1S/C16H8Cl2FNOS2/c17-12-2-1-3-13(18)11(12)8-14-15(21)20(16(22)23-14)10-6-4-9(19)5-7-10/h1-8H/b14-8+. The highest BCUT2D eigenvalue weighted by Gasteiger charge is 2.33. The van der Waals surface area contributed by atoms with E-state index >= 15 is 0 Å². The van der Waals surface area contributed by atoms with Crippen LogP contribution < -0.4 is 4.90 Å². The minimum atomic E-state index is -0.377. The van der Waals surface area contributed by atoms with Gasteiger partial charge in [0.25, 0.3) is 5.91 Å². The van der Waals surface area contributed by atoms with E-state index in [-0.39, 0.29) is 11.7 Å². The van der Waals surface area contributed by atoms with Crippen LogP contribution >= 0.6 is 47.2 Å². The zero-order valence-electron chi connectivity index (χ0n) is 11.4. The maximum Gasteiger partial charge on any atom is 0.270 e. The van der Waals surface area contributed by atoms with Gasteiger partial charge in [-0.25, -0.2) is 4.39 Å². The first-order valence-corrected chi connectivity index (χ1v) is 8.43. The van der Waals surface area contributed by atoms with E-state index in [0.717, 1.165) is 11.8 Å². The van der Waals surface area contributed by atoms with Crippen molar-refractivity contribution in [1.82, 2.24) is 0 Å². The molecule has 0 aliphatic carbocycles. The molecule has 0 bridgehead atoms. The number of anilines is 1. The molecule has 23 heavy (non-hydrogen) atoms. The van der Waals surface area contributed by atoms with Crippen molar-refractivity contribution in [3.8, 4) is 0 Å². The van der Waals surface area contributed by atoms with Gasteiger partial charge in [-0.15, -0.1) is 0 Å². The lowest BCUT2D eigenvalue weighted by Gasteiger charge is -2.14. The van der Waals surface area contributed by atoms with E-state index in [1.807, 2.05) is 0 Å². The molecule has 1 aliphatic heterocycles. The fourth-order valence-corrected chi connectivity index (χ4v) is 3.85. The Balaban J connectivity index is 1.98. The van der Waals surface area contributed by atoms with Gasteiger partial charge in [-0.05, 0) is 42.5 Å². The van der Waals surface area contributed by atoms with Crippen molar-refractivity contribution in [2.75, 3.05) is 4.90 Å². The highest BCUT2D eigenvalue weighted by molar-refractivity contribution is 8.27. The number of nitrogens with zero attached hydrogens (tertiary/aromatic N) is 1. The lowest BCUT2D eigenvalue weighted by Crippen LogP contribution is -2.27. The van der Waals surface area contributed by atoms with Crippen molar-refractivity contribution in [3.63, 3.8) is 0 Å². The zero-order chi connectivity index (χ0) is 16.6. The summed E-state index contributed by atoms with van der Waals surface area (Å²) in [7, 11) is 0. The summed E-state index contributed by atoms with van der Waals surface area (Å²) in [6.07, 6.45) is 1.62. The van der Waals surface area contributed by atoms with Gasteiger partial charge in [0.05, 0.1) is 10.6 Å². The summed E-state index contributed by atoms with van der Waals surface area (Å²) in [5, 5.41) is 0.897. The summed E-state index contributed by atoms with van der Waals surface area (Å²) < 4.78 is 13.4. The van der Waals surface area contributed by atoms with E-state index in [1.54, 1.807) is 24.3 Å². The molecule has 1 fully saturated rings. The molecule has 0 unspecified atom stereocenters. The second kappa shape index (κ2) is 6.61. The molecule has 7 heteroatoms. The maximum absolute atomic E-state index is 13.0. The van der Waals surface area contributed by atoms with Gasteiger partial charge in [0.1, 0.15) is 5.82 Å². The summed E-state index contributed by atoms with van der Waals surface area (Å²) in [6.45, 7) is 0. The van der Waals surface area contributed by atoms with Crippen molar-refractivity contribution >= 4 is 69.2 Å². The summed E-state index contributed by atoms with van der Waals surface area (Å²) in [5.41, 5.74) is 1.08. The summed E-state index contributed by atoms with van der Waals surface area (Å²) >= 11 is 18.7. The van der Waals surface area contributed by atoms with E-state index in [9.17, 15) is 9.18 Å². The number of thiocarbonyl (C=S) groups is 1. The number of carbonyl (C=O) groups excluding carboxylic acids is 1. The largest absolute Gasteiger partial charge is 0.270 e. The molecule has 0 saturated carbocycles. The van der Waals surface area contributed by atoms with E-state index in [0.29, 0.717) is 30.5 Å². The molecule has 3 rings (SSSR count). The third-order valence-electron chi connectivity index (χ3n) is 3.15. The molecule has 0 aromatic heterocycles. The molecule has 0 atom stereocenters. The molecule has 0 spiro atoms.